The first-order chi connectivity index (χ1) is 12.8. The van der Waals surface area contributed by atoms with Crippen molar-refractivity contribution in [1.82, 2.24) is 4.31 Å². The highest BCUT2D eigenvalue weighted by molar-refractivity contribution is 7.89. The monoisotopic (exact) mass is 447 g/mol. The van der Waals surface area contributed by atoms with Crippen molar-refractivity contribution in [3.8, 4) is 5.75 Å². The molecule has 0 unspecified atom stereocenters. The van der Waals surface area contributed by atoms with Gasteiger partial charge in [0.1, 0.15) is 5.75 Å². The molecule has 0 aromatic heterocycles. The maximum Gasteiger partial charge on any atom is 0.314 e. The molecular weight excluding hydrogens is 433 g/mol. The van der Waals surface area contributed by atoms with Crippen molar-refractivity contribution < 1.29 is 17.9 Å². The molecule has 0 amide bonds. The van der Waals surface area contributed by atoms with Crippen LogP contribution in [0.4, 0.5) is 0 Å². The van der Waals surface area contributed by atoms with Gasteiger partial charge in [-0.05, 0) is 55.3 Å². The quantitative estimate of drug-likeness (QED) is 0.504. The zero-order valence-electron chi connectivity index (χ0n) is 14.1. The average molecular weight is 449 g/mol. The Balaban J connectivity index is 1.62. The highest BCUT2D eigenvalue weighted by atomic mass is 35.5. The van der Waals surface area contributed by atoms with Crippen LogP contribution >= 0.6 is 34.8 Å². The first-order valence-corrected chi connectivity index (χ1v) is 10.8. The topological polar surface area (TPSA) is 63.7 Å². The molecule has 1 heterocycles. The molecule has 1 saturated heterocycles. The number of rotatable bonds is 4. The minimum Gasteiger partial charge on any atom is -0.425 e. The van der Waals surface area contributed by atoms with Gasteiger partial charge in [-0.2, -0.15) is 4.31 Å². The Bertz CT molecular complexity index is 940. The first-order valence-electron chi connectivity index (χ1n) is 8.20. The molecule has 3 rings (SSSR count). The van der Waals surface area contributed by atoms with Crippen LogP contribution in [0, 0.1) is 5.92 Å². The molecule has 2 aromatic carbocycles. The number of hydrogen-bond acceptors (Lipinski definition) is 4. The van der Waals surface area contributed by atoms with Crippen molar-refractivity contribution >= 4 is 50.8 Å². The van der Waals surface area contributed by atoms with E-state index in [9.17, 15) is 13.2 Å². The fourth-order valence-electron chi connectivity index (χ4n) is 2.84. The molecule has 1 fully saturated rings. The van der Waals surface area contributed by atoms with Crippen molar-refractivity contribution in [3.63, 3.8) is 0 Å². The lowest BCUT2D eigenvalue weighted by molar-refractivity contribution is -0.140. The number of carbonyl (C=O) groups excluding carboxylic acids is 1. The summed E-state index contributed by atoms with van der Waals surface area (Å²) in [7, 11) is -3.61. The lowest BCUT2D eigenvalue weighted by atomic mass is 9.98. The molecule has 27 heavy (non-hydrogen) atoms. The van der Waals surface area contributed by atoms with Crippen LogP contribution in [0.25, 0.3) is 0 Å². The molecule has 0 N–H and O–H groups in total. The molecule has 9 heteroatoms. The number of hydrogen-bond donors (Lipinski definition) is 0. The highest BCUT2D eigenvalue weighted by Crippen LogP contribution is 2.30. The van der Waals surface area contributed by atoms with Crippen LogP contribution in [-0.4, -0.2) is 31.8 Å². The van der Waals surface area contributed by atoms with Gasteiger partial charge in [0.15, 0.2) is 0 Å². The molecule has 0 saturated carbocycles. The summed E-state index contributed by atoms with van der Waals surface area (Å²) in [4.78, 5) is 12.6. The summed E-state index contributed by atoms with van der Waals surface area (Å²) in [5.74, 6) is -0.585. The third-order valence-corrected chi connectivity index (χ3v) is 7.04. The summed E-state index contributed by atoms with van der Waals surface area (Å²) >= 11 is 17.7. The van der Waals surface area contributed by atoms with Gasteiger partial charge in [-0.15, -0.1) is 0 Å². The zero-order chi connectivity index (χ0) is 19.6. The van der Waals surface area contributed by atoms with Crippen LogP contribution in [-0.2, 0) is 14.8 Å². The lowest BCUT2D eigenvalue weighted by Crippen LogP contribution is -2.41. The fraction of sp³-hybridized carbons (Fsp3) is 0.278. The van der Waals surface area contributed by atoms with Gasteiger partial charge in [-0.25, -0.2) is 8.42 Å². The summed E-state index contributed by atoms with van der Waals surface area (Å²) < 4.78 is 32.1. The summed E-state index contributed by atoms with van der Waals surface area (Å²) in [6.07, 6.45) is 0.744. The summed E-state index contributed by atoms with van der Waals surface area (Å²) in [6.45, 7) is 0.470. The van der Waals surface area contributed by atoms with E-state index in [-0.39, 0.29) is 28.8 Å². The van der Waals surface area contributed by atoms with Crippen LogP contribution in [0.5, 0.6) is 5.75 Å². The van der Waals surface area contributed by atoms with E-state index in [0.29, 0.717) is 22.9 Å². The number of piperidine rings is 1. The normalized spacial score (nSPS) is 16.3. The molecule has 0 atom stereocenters. The van der Waals surface area contributed by atoms with Crippen molar-refractivity contribution in [2.24, 2.45) is 5.92 Å². The molecule has 0 aliphatic carbocycles. The van der Waals surface area contributed by atoms with E-state index in [4.69, 9.17) is 39.5 Å². The number of sulfonamides is 1. The van der Waals surface area contributed by atoms with Gasteiger partial charge >= 0.3 is 5.97 Å². The number of carbonyl (C=O) groups is 1. The van der Waals surface area contributed by atoms with Crippen molar-refractivity contribution in [3.05, 3.63) is 57.5 Å². The van der Waals surface area contributed by atoms with Crippen LogP contribution in [0.3, 0.4) is 0 Å². The molecule has 5 nitrogen and oxygen atoms in total. The Morgan fingerprint density at radius 2 is 1.56 bits per heavy atom. The van der Waals surface area contributed by atoms with Gasteiger partial charge in [-0.1, -0.05) is 34.8 Å². The number of halogens is 3. The number of ether oxygens (including phenoxy) is 1. The second-order valence-electron chi connectivity index (χ2n) is 6.13. The molecule has 0 bridgehead atoms. The number of esters is 1. The van der Waals surface area contributed by atoms with E-state index >= 15 is 0 Å². The van der Waals surface area contributed by atoms with Gasteiger partial charge < -0.3 is 4.74 Å². The van der Waals surface area contributed by atoms with E-state index in [1.165, 1.54) is 40.7 Å². The Kier molecular flexibility index (Phi) is 6.33. The predicted molar refractivity (Wildman–Crippen MR) is 105 cm³/mol. The molecule has 2 aromatic rings. The minimum atomic E-state index is -3.61. The van der Waals surface area contributed by atoms with Crippen molar-refractivity contribution in [2.75, 3.05) is 13.1 Å². The fourth-order valence-corrected chi connectivity index (χ4v) is 4.88. The third kappa shape index (κ3) is 4.76. The second kappa shape index (κ2) is 8.37. The maximum absolute atomic E-state index is 12.7. The van der Waals surface area contributed by atoms with Gasteiger partial charge in [0.25, 0.3) is 0 Å². The Morgan fingerprint density at radius 3 is 2.15 bits per heavy atom. The van der Waals surface area contributed by atoms with E-state index in [1.807, 2.05) is 0 Å². The van der Waals surface area contributed by atoms with Gasteiger partial charge in [-0.3, -0.25) is 4.79 Å². The van der Waals surface area contributed by atoms with Crippen LogP contribution in [0.15, 0.2) is 47.4 Å². The lowest BCUT2D eigenvalue weighted by Gasteiger charge is -2.30. The molecular formula is C18H16Cl3NO4S. The third-order valence-electron chi connectivity index (χ3n) is 4.34. The second-order valence-corrected chi connectivity index (χ2v) is 9.35. The van der Waals surface area contributed by atoms with E-state index < -0.39 is 21.9 Å². The van der Waals surface area contributed by atoms with Crippen LogP contribution in [0.2, 0.25) is 15.1 Å². The largest absolute Gasteiger partial charge is 0.425 e. The standard InChI is InChI=1S/C18H16Cl3NO4S/c19-13-1-4-15(5-2-13)27(24,25)22-9-7-12(8-10-22)18(23)26-17-6-3-14(20)11-16(17)21/h1-6,11-12H,7-10H2. The SMILES string of the molecule is O=C(Oc1ccc(Cl)cc1Cl)C1CCN(S(=O)(=O)c2ccc(Cl)cc2)CC1. The van der Waals surface area contributed by atoms with E-state index in [1.54, 1.807) is 6.07 Å². The van der Waals surface area contributed by atoms with Gasteiger partial charge in [0.05, 0.1) is 15.8 Å². The molecule has 0 radical (unpaired) electrons. The van der Waals surface area contributed by atoms with Crippen molar-refractivity contribution in [1.29, 1.82) is 0 Å². The molecule has 1 aliphatic heterocycles. The number of benzene rings is 2. The van der Waals surface area contributed by atoms with Crippen LogP contribution < -0.4 is 4.74 Å². The van der Waals surface area contributed by atoms with Crippen LogP contribution in [0.1, 0.15) is 12.8 Å². The minimum absolute atomic E-state index is 0.181. The Morgan fingerprint density at radius 1 is 0.963 bits per heavy atom. The maximum atomic E-state index is 12.7. The summed E-state index contributed by atoms with van der Waals surface area (Å²) in [6, 6.07) is 10.6. The predicted octanol–water partition coefficient (Wildman–Crippen LogP) is 4.65. The Hall–Kier alpha value is -1.31. The summed E-state index contributed by atoms with van der Waals surface area (Å²) in [5, 5.41) is 1.16. The Labute approximate surface area is 172 Å². The van der Waals surface area contributed by atoms with Gasteiger partial charge in [0.2, 0.25) is 10.0 Å². The smallest absolute Gasteiger partial charge is 0.314 e. The molecule has 1 aliphatic rings. The van der Waals surface area contributed by atoms with Crippen molar-refractivity contribution in [2.45, 2.75) is 17.7 Å². The summed E-state index contributed by atoms with van der Waals surface area (Å²) in [5.41, 5.74) is 0. The number of nitrogens with zero attached hydrogens (tertiary/aromatic N) is 1. The van der Waals surface area contributed by atoms with E-state index in [0.717, 1.165) is 0 Å². The zero-order valence-corrected chi connectivity index (χ0v) is 17.2. The van der Waals surface area contributed by atoms with Gasteiger partial charge in [0, 0.05) is 23.1 Å². The molecule has 0 spiro atoms. The van der Waals surface area contributed by atoms with E-state index in [2.05, 4.69) is 0 Å². The molecule has 144 valence electrons. The average Bonchev–Trinajstić information content (AvgIpc) is 2.64. The highest BCUT2D eigenvalue weighted by Gasteiger charge is 2.33. The first kappa shape index (κ1) is 20.4.